The summed E-state index contributed by atoms with van der Waals surface area (Å²) in [4.78, 5) is 19.3. The molecule has 0 aromatic carbocycles. The van der Waals surface area contributed by atoms with Gasteiger partial charge in [-0.15, -0.1) is 0 Å². The van der Waals surface area contributed by atoms with Crippen molar-refractivity contribution >= 4 is 22.5 Å². The van der Waals surface area contributed by atoms with Gasteiger partial charge in [-0.1, -0.05) is 68.2 Å². The Balaban J connectivity index is 1.06. The maximum Gasteiger partial charge on any atom is 0.245 e. The fourth-order valence-electron chi connectivity index (χ4n) is 8.64. The van der Waals surface area contributed by atoms with Crippen molar-refractivity contribution in [2.24, 2.45) is 23.7 Å². The normalized spacial score (nSPS) is 25.8. The fourth-order valence-corrected chi connectivity index (χ4v) is 8.64. The molecule has 10 heteroatoms. The Bertz CT molecular complexity index is 1760. The number of rotatable bonds is 12. The van der Waals surface area contributed by atoms with Crippen LogP contribution in [-0.2, 0) is 10.8 Å². The molecular formula is C42H64N6O4. The summed E-state index contributed by atoms with van der Waals surface area (Å²) in [5.41, 5.74) is 4.32. The van der Waals surface area contributed by atoms with E-state index in [4.69, 9.17) is 23.8 Å². The molecule has 2 fully saturated rings. The average Bonchev–Trinajstić information content (AvgIpc) is 3.62. The highest BCUT2D eigenvalue weighted by atomic mass is 16.3. The number of nitrogens with zero attached hydrogens (tertiary/aromatic N) is 4. The zero-order valence-corrected chi connectivity index (χ0v) is 32.9. The van der Waals surface area contributed by atoms with Gasteiger partial charge < -0.3 is 29.7 Å². The molecule has 286 valence electrons. The van der Waals surface area contributed by atoms with E-state index in [1.54, 1.807) is 0 Å². The Kier molecular flexibility index (Phi) is 12.1. The predicted molar refractivity (Wildman–Crippen MR) is 206 cm³/mol. The average molecular weight is 717 g/mol. The molecule has 0 radical (unpaired) electrons. The van der Waals surface area contributed by atoms with Crippen molar-refractivity contribution in [1.82, 2.24) is 30.6 Å². The Morgan fingerprint density at radius 3 is 1.73 bits per heavy atom. The number of fused-ring (bicyclic) bond motifs is 2. The minimum atomic E-state index is -0.177. The van der Waals surface area contributed by atoms with E-state index in [2.05, 4.69) is 77.1 Å². The molecule has 4 aromatic heterocycles. The maximum atomic E-state index is 10.5. The zero-order chi connectivity index (χ0) is 37.2. The van der Waals surface area contributed by atoms with E-state index in [-0.39, 0.29) is 48.2 Å². The first-order valence-electron chi connectivity index (χ1n) is 20.0. The van der Waals surface area contributed by atoms with Gasteiger partial charge in [0, 0.05) is 35.0 Å². The predicted octanol–water partition coefficient (Wildman–Crippen LogP) is 8.47. The van der Waals surface area contributed by atoms with E-state index in [1.807, 2.05) is 18.5 Å². The van der Waals surface area contributed by atoms with Crippen molar-refractivity contribution in [1.29, 1.82) is 0 Å². The summed E-state index contributed by atoms with van der Waals surface area (Å²) in [6.45, 7) is 18.0. The molecule has 52 heavy (non-hydrogen) atoms. The molecule has 0 spiro atoms. The summed E-state index contributed by atoms with van der Waals surface area (Å²) < 4.78 is 12.3. The van der Waals surface area contributed by atoms with Gasteiger partial charge in [-0.2, -0.15) is 0 Å². The number of hydrogen-bond donors (Lipinski definition) is 4. The number of hydrogen-bond acceptors (Lipinski definition) is 10. The van der Waals surface area contributed by atoms with E-state index in [9.17, 15) is 10.2 Å². The summed E-state index contributed by atoms with van der Waals surface area (Å²) in [5.74, 6) is 3.76. The maximum absolute atomic E-state index is 10.5. The van der Waals surface area contributed by atoms with E-state index in [0.29, 0.717) is 35.1 Å². The number of nitrogens with one attached hydrogen (secondary N) is 2. The molecule has 4 aromatic rings. The minimum Gasteiger partial charge on any atom is -0.441 e. The molecule has 6 rings (SSSR count). The van der Waals surface area contributed by atoms with E-state index >= 15 is 0 Å². The monoisotopic (exact) mass is 716 g/mol. The molecule has 2 aliphatic heterocycles. The third-order valence-electron chi connectivity index (χ3n) is 11.9. The standard InChI is InChI=1S/C42H64N6O4/c1-25(2)17-27-11-9-13-29(45-35(27)23-49)34-22-44-40-32(48-34)20-38(52-40)42(7,8)16-15-26(3)18-28-12-10-14-30(46-36(28)24-50)33-21-43-39-31(47-33)19-37(51-39)41(4,5)6/h19-22,25-30,35-36,45-46,49-50H,9-18,23-24H2,1-8H3/t26?,27-,28-,29+,30-,35-,36-/m0/s1. The van der Waals surface area contributed by atoms with Crippen LogP contribution in [0.3, 0.4) is 0 Å². The van der Waals surface area contributed by atoms with Gasteiger partial charge in [0.1, 0.15) is 22.6 Å². The third-order valence-corrected chi connectivity index (χ3v) is 11.9. The third kappa shape index (κ3) is 9.05. The molecule has 6 heterocycles. The van der Waals surface area contributed by atoms with Crippen LogP contribution in [-0.4, -0.2) is 55.4 Å². The van der Waals surface area contributed by atoms with Gasteiger partial charge in [-0.25, -0.2) is 19.9 Å². The van der Waals surface area contributed by atoms with Crippen molar-refractivity contribution < 1.29 is 19.0 Å². The minimum absolute atomic E-state index is 0.00774. The molecule has 10 nitrogen and oxygen atoms in total. The Morgan fingerprint density at radius 2 is 1.23 bits per heavy atom. The molecule has 7 atom stereocenters. The molecule has 0 amide bonds. The first kappa shape index (κ1) is 38.8. The fraction of sp³-hybridized carbons (Fsp3) is 0.714. The van der Waals surface area contributed by atoms with Gasteiger partial charge in [-0.3, -0.25) is 0 Å². The van der Waals surface area contributed by atoms with Gasteiger partial charge in [-0.05, 0) is 75.0 Å². The van der Waals surface area contributed by atoms with Crippen molar-refractivity contribution in [2.75, 3.05) is 13.2 Å². The van der Waals surface area contributed by atoms with E-state index < -0.39 is 0 Å². The molecule has 2 saturated heterocycles. The van der Waals surface area contributed by atoms with Gasteiger partial charge in [0.05, 0.1) is 49.1 Å². The molecule has 4 N–H and O–H groups in total. The van der Waals surface area contributed by atoms with Crippen molar-refractivity contribution in [3.05, 3.63) is 47.4 Å². The molecular weight excluding hydrogens is 653 g/mol. The van der Waals surface area contributed by atoms with E-state index in [0.717, 1.165) is 98.1 Å². The zero-order valence-electron chi connectivity index (χ0n) is 32.9. The lowest BCUT2D eigenvalue weighted by Gasteiger charge is -2.30. The van der Waals surface area contributed by atoms with Gasteiger partial charge in [0.2, 0.25) is 11.4 Å². The number of aliphatic hydroxyl groups is 2. The first-order valence-corrected chi connectivity index (χ1v) is 20.0. The highest BCUT2D eigenvalue weighted by molar-refractivity contribution is 5.70. The second-order valence-electron chi connectivity index (χ2n) is 18.2. The van der Waals surface area contributed by atoms with Crippen LogP contribution in [0.1, 0.15) is 155 Å². The Morgan fingerprint density at radius 1 is 0.731 bits per heavy atom. The highest BCUT2D eigenvalue weighted by Crippen LogP contribution is 2.38. The molecule has 0 bridgehead atoms. The molecule has 0 saturated carbocycles. The number of furan rings is 2. The lowest BCUT2D eigenvalue weighted by molar-refractivity contribution is 0.173. The van der Waals surface area contributed by atoms with Gasteiger partial charge in [0.15, 0.2) is 0 Å². The van der Waals surface area contributed by atoms with E-state index in [1.165, 1.54) is 0 Å². The van der Waals surface area contributed by atoms with Crippen molar-refractivity contribution in [2.45, 2.75) is 155 Å². The molecule has 1 unspecified atom stereocenters. The first-order chi connectivity index (χ1) is 24.7. The summed E-state index contributed by atoms with van der Waals surface area (Å²) in [5, 5.41) is 28.2. The highest BCUT2D eigenvalue weighted by Gasteiger charge is 2.33. The lowest BCUT2D eigenvalue weighted by atomic mass is 9.79. The Labute approximate surface area is 310 Å². The summed E-state index contributed by atoms with van der Waals surface area (Å²) >= 11 is 0. The molecule has 2 aliphatic rings. The number of aliphatic hydroxyl groups excluding tert-OH is 2. The van der Waals surface area contributed by atoms with Crippen LogP contribution in [0.25, 0.3) is 22.5 Å². The Hall–Kier alpha value is -2.92. The van der Waals surface area contributed by atoms with Crippen LogP contribution < -0.4 is 10.6 Å². The van der Waals surface area contributed by atoms with Crippen LogP contribution in [0.15, 0.2) is 33.4 Å². The van der Waals surface area contributed by atoms with Crippen LogP contribution in [0.2, 0.25) is 0 Å². The second kappa shape index (κ2) is 16.2. The van der Waals surface area contributed by atoms with Crippen LogP contribution in [0.4, 0.5) is 0 Å². The van der Waals surface area contributed by atoms with Crippen molar-refractivity contribution in [3.8, 4) is 0 Å². The summed E-state index contributed by atoms with van der Waals surface area (Å²) in [6.07, 6.45) is 14.2. The summed E-state index contributed by atoms with van der Waals surface area (Å²) in [7, 11) is 0. The van der Waals surface area contributed by atoms with Crippen molar-refractivity contribution in [3.63, 3.8) is 0 Å². The van der Waals surface area contributed by atoms with Crippen LogP contribution in [0.5, 0.6) is 0 Å². The van der Waals surface area contributed by atoms with Gasteiger partial charge >= 0.3 is 0 Å². The van der Waals surface area contributed by atoms with Crippen LogP contribution in [0, 0.1) is 23.7 Å². The molecule has 0 aliphatic carbocycles. The smallest absolute Gasteiger partial charge is 0.245 e. The second-order valence-corrected chi connectivity index (χ2v) is 18.2. The lowest BCUT2D eigenvalue weighted by Crippen LogP contribution is -2.40. The van der Waals surface area contributed by atoms with Crippen LogP contribution >= 0.6 is 0 Å². The van der Waals surface area contributed by atoms with Gasteiger partial charge in [0.25, 0.3) is 0 Å². The quantitative estimate of drug-likeness (QED) is 0.113. The topological polar surface area (TPSA) is 142 Å². The largest absolute Gasteiger partial charge is 0.441 e. The summed E-state index contributed by atoms with van der Waals surface area (Å²) in [6, 6.07) is 4.31. The number of aromatic nitrogens is 4. The SMILES string of the molecule is CC(C)C[C@@H]1CCC[C@H](c2cnc3oc(C(C)(C)CCC(C)C[C@@H]4CCC[C@@H](c5cnc6oc(C(C)(C)C)cc6n5)N[C@H]4CO)cc3n2)N[C@H]1CO.